The Morgan fingerprint density at radius 2 is 1.79 bits per heavy atom. The van der Waals surface area contributed by atoms with Gasteiger partial charge in [0.2, 0.25) is 0 Å². The van der Waals surface area contributed by atoms with Crippen molar-refractivity contribution in [1.82, 2.24) is 5.43 Å². The molecule has 2 rings (SSSR count). The fourth-order valence-electron chi connectivity index (χ4n) is 1.87. The van der Waals surface area contributed by atoms with Gasteiger partial charge in [-0.3, -0.25) is 9.59 Å². The second-order valence-corrected chi connectivity index (χ2v) is 5.98. The maximum atomic E-state index is 11.9. The molecule has 2 N–H and O–H groups in total. The van der Waals surface area contributed by atoms with Crippen molar-refractivity contribution >= 4 is 46.9 Å². The van der Waals surface area contributed by atoms with E-state index in [9.17, 15) is 9.59 Å². The van der Waals surface area contributed by atoms with Gasteiger partial charge in [-0.2, -0.15) is 5.10 Å². The van der Waals surface area contributed by atoms with E-state index in [0.717, 1.165) is 11.1 Å². The number of benzene rings is 2. The minimum atomic E-state index is -0.878. The van der Waals surface area contributed by atoms with Crippen molar-refractivity contribution in [3.63, 3.8) is 0 Å². The van der Waals surface area contributed by atoms with Crippen LogP contribution in [0.1, 0.15) is 16.7 Å². The van der Waals surface area contributed by atoms with Gasteiger partial charge in [0, 0.05) is 16.3 Å². The largest absolute Gasteiger partial charge is 0.329 e. The molecule has 0 radical (unpaired) electrons. The minimum absolute atomic E-state index is 0.389. The molecular weight excluding hydrogens is 349 g/mol. The van der Waals surface area contributed by atoms with E-state index in [-0.39, 0.29) is 0 Å². The Morgan fingerprint density at radius 1 is 1.04 bits per heavy atom. The number of aryl methyl sites for hydroxylation is 2. The zero-order valence-corrected chi connectivity index (χ0v) is 14.6. The molecule has 124 valence electrons. The second-order valence-electron chi connectivity index (χ2n) is 5.14. The number of amides is 2. The molecular formula is C17H15Cl2N3O2. The van der Waals surface area contributed by atoms with E-state index >= 15 is 0 Å². The average molecular weight is 364 g/mol. The molecule has 0 aliphatic heterocycles. The Balaban J connectivity index is 1.97. The highest BCUT2D eigenvalue weighted by Gasteiger charge is 2.14. The van der Waals surface area contributed by atoms with Crippen LogP contribution in [-0.4, -0.2) is 18.0 Å². The molecule has 0 heterocycles. The average Bonchev–Trinajstić information content (AvgIpc) is 2.52. The van der Waals surface area contributed by atoms with Crippen molar-refractivity contribution in [3.05, 3.63) is 63.1 Å². The number of hydrazone groups is 1. The Morgan fingerprint density at radius 3 is 2.50 bits per heavy atom. The van der Waals surface area contributed by atoms with Crippen LogP contribution < -0.4 is 10.7 Å². The summed E-state index contributed by atoms with van der Waals surface area (Å²) in [6.45, 7) is 3.74. The monoisotopic (exact) mass is 363 g/mol. The van der Waals surface area contributed by atoms with Crippen LogP contribution in [0.2, 0.25) is 10.0 Å². The lowest BCUT2D eigenvalue weighted by Gasteiger charge is -2.08. The third kappa shape index (κ3) is 4.81. The second kappa shape index (κ2) is 7.95. The number of hydrogen-bond acceptors (Lipinski definition) is 3. The van der Waals surface area contributed by atoms with E-state index in [1.807, 2.05) is 26.0 Å². The maximum Gasteiger partial charge on any atom is 0.329 e. The standard InChI is InChI=1S/C17H15Cl2N3O2/c1-10-3-4-11(2)15(7-10)21-16(23)17(24)22-20-9-12-5-6-13(18)8-14(12)19/h3-9H,1-2H3,(H,21,23)(H,22,24)/b20-9+. The lowest BCUT2D eigenvalue weighted by molar-refractivity contribution is -0.136. The molecule has 0 saturated heterocycles. The molecule has 0 bridgehead atoms. The summed E-state index contributed by atoms with van der Waals surface area (Å²) in [5, 5.41) is 7.16. The van der Waals surface area contributed by atoms with Crippen molar-refractivity contribution in [3.8, 4) is 0 Å². The Hall–Kier alpha value is -2.37. The van der Waals surface area contributed by atoms with Crippen molar-refractivity contribution in [2.75, 3.05) is 5.32 Å². The van der Waals surface area contributed by atoms with Gasteiger partial charge in [0.15, 0.2) is 0 Å². The van der Waals surface area contributed by atoms with E-state index in [1.54, 1.807) is 24.3 Å². The number of anilines is 1. The Labute approximate surface area is 149 Å². The molecule has 5 nitrogen and oxygen atoms in total. The van der Waals surface area contributed by atoms with E-state index in [1.165, 1.54) is 6.21 Å². The first kappa shape index (κ1) is 18.0. The van der Waals surface area contributed by atoms with Crippen molar-refractivity contribution in [2.45, 2.75) is 13.8 Å². The summed E-state index contributed by atoms with van der Waals surface area (Å²) in [6.07, 6.45) is 1.34. The Kier molecular flexibility index (Phi) is 5.95. The normalized spacial score (nSPS) is 10.7. The topological polar surface area (TPSA) is 70.6 Å². The van der Waals surface area contributed by atoms with Crippen LogP contribution in [0.4, 0.5) is 5.69 Å². The van der Waals surface area contributed by atoms with Gasteiger partial charge in [-0.1, -0.05) is 41.4 Å². The van der Waals surface area contributed by atoms with Crippen LogP contribution in [0, 0.1) is 13.8 Å². The first-order valence-electron chi connectivity index (χ1n) is 7.03. The maximum absolute atomic E-state index is 11.9. The number of rotatable bonds is 3. The van der Waals surface area contributed by atoms with Gasteiger partial charge in [-0.05, 0) is 43.2 Å². The van der Waals surface area contributed by atoms with Gasteiger partial charge in [0.1, 0.15) is 0 Å². The fraction of sp³-hybridized carbons (Fsp3) is 0.118. The zero-order chi connectivity index (χ0) is 17.7. The van der Waals surface area contributed by atoms with Crippen LogP contribution in [0.5, 0.6) is 0 Å². The quantitative estimate of drug-likeness (QED) is 0.495. The fourth-order valence-corrected chi connectivity index (χ4v) is 2.32. The van der Waals surface area contributed by atoms with Crippen molar-refractivity contribution in [2.24, 2.45) is 5.10 Å². The van der Waals surface area contributed by atoms with Gasteiger partial charge in [-0.15, -0.1) is 0 Å². The van der Waals surface area contributed by atoms with Crippen molar-refractivity contribution in [1.29, 1.82) is 0 Å². The third-order valence-corrected chi connectivity index (χ3v) is 3.74. The Bertz CT molecular complexity index is 819. The van der Waals surface area contributed by atoms with E-state index < -0.39 is 11.8 Å². The van der Waals surface area contributed by atoms with Crippen LogP contribution in [-0.2, 0) is 9.59 Å². The number of halogens is 2. The molecule has 0 fully saturated rings. The number of carbonyl (C=O) groups excluding carboxylic acids is 2. The molecule has 0 aromatic heterocycles. The summed E-state index contributed by atoms with van der Waals surface area (Å²) in [5.74, 6) is -1.68. The SMILES string of the molecule is Cc1ccc(C)c(NC(=O)C(=O)N/N=C/c2ccc(Cl)cc2Cl)c1. The van der Waals surface area contributed by atoms with Crippen LogP contribution >= 0.6 is 23.2 Å². The molecule has 2 aromatic carbocycles. The van der Waals surface area contributed by atoms with Crippen LogP contribution in [0.25, 0.3) is 0 Å². The molecule has 0 aliphatic rings. The molecule has 0 spiro atoms. The molecule has 7 heteroatoms. The van der Waals surface area contributed by atoms with E-state index in [4.69, 9.17) is 23.2 Å². The highest BCUT2D eigenvalue weighted by atomic mass is 35.5. The highest BCUT2D eigenvalue weighted by molar-refractivity contribution is 6.39. The molecule has 24 heavy (non-hydrogen) atoms. The summed E-state index contributed by atoms with van der Waals surface area (Å²) in [7, 11) is 0. The number of nitrogens with one attached hydrogen (secondary N) is 2. The third-order valence-electron chi connectivity index (χ3n) is 3.18. The van der Waals surface area contributed by atoms with Crippen LogP contribution in [0.15, 0.2) is 41.5 Å². The summed E-state index contributed by atoms with van der Waals surface area (Å²) >= 11 is 11.8. The molecule has 0 aliphatic carbocycles. The molecule has 2 aromatic rings. The molecule has 0 atom stereocenters. The predicted octanol–water partition coefficient (Wildman–Crippen LogP) is 3.70. The van der Waals surface area contributed by atoms with E-state index in [2.05, 4.69) is 15.8 Å². The van der Waals surface area contributed by atoms with Crippen molar-refractivity contribution < 1.29 is 9.59 Å². The van der Waals surface area contributed by atoms with Gasteiger partial charge in [0.05, 0.1) is 11.2 Å². The smallest absolute Gasteiger partial charge is 0.317 e. The first-order chi connectivity index (χ1) is 11.4. The van der Waals surface area contributed by atoms with Gasteiger partial charge < -0.3 is 5.32 Å². The number of hydrogen-bond donors (Lipinski definition) is 2. The lowest BCUT2D eigenvalue weighted by Crippen LogP contribution is -2.32. The van der Waals surface area contributed by atoms with Gasteiger partial charge >= 0.3 is 11.8 Å². The summed E-state index contributed by atoms with van der Waals surface area (Å²) < 4.78 is 0. The molecule has 0 unspecified atom stereocenters. The molecule has 2 amide bonds. The number of nitrogens with zero attached hydrogens (tertiary/aromatic N) is 1. The lowest BCUT2D eigenvalue weighted by atomic mass is 10.1. The molecule has 0 saturated carbocycles. The summed E-state index contributed by atoms with van der Waals surface area (Å²) in [6, 6.07) is 10.4. The van der Waals surface area contributed by atoms with Gasteiger partial charge in [0.25, 0.3) is 0 Å². The van der Waals surface area contributed by atoms with E-state index in [0.29, 0.717) is 21.3 Å². The summed E-state index contributed by atoms with van der Waals surface area (Å²) in [5.41, 5.74) is 5.14. The summed E-state index contributed by atoms with van der Waals surface area (Å²) in [4.78, 5) is 23.7. The van der Waals surface area contributed by atoms with Gasteiger partial charge in [-0.25, -0.2) is 5.43 Å². The number of carbonyl (C=O) groups is 2. The zero-order valence-electron chi connectivity index (χ0n) is 13.1. The predicted molar refractivity (Wildman–Crippen MR) is 96.7 cm³/mol. The first-order valence-corrected chi connectivity index (χ1v) is 7.79. The minimum Gasteiger partial charge on any atom is -0.317 e. The highest BCUT2D eigenvalue weighted by Crippen LogP contribution is 2.19. The van der Waals surface area contributed by atoms with Crippen LogP contribution in [0.3, 0.4) is 0 Å².